The molecule has 0 fully saturated rings. The predicted molar refractivity (Wildman–Crippen MR) is 136 cm³/mol. The summed E-state index contributed by atoms with van der Waals surface area (Å²) in [5, 5.41) is 2.93. The molecule has 1 aromatic heterocycles. The van der Waals surface area contributed by atoms with Crippen molar-refractivity contribution in [1.29, 1.82) is 0 Å². The summed E-state index contributed by atoms with van der Waals surface area (Å²) in [6.45, 7) is 4.82. The van der Waals surface area contributed by atoms with E-state index in [1.807, 2.05) is 42.5 Å². The Morgan fingerprint density at radius 1 is 0.889 bits per heavy atom. The number of fused-ring (bicyclic) bond motifs is 1. The highest BCUT2D eigenvalue weighted by Crippen LogP contribution is 2.33. The van der Waals surface area contributed by atoms with Gasteiger partial charge in [-0.2, -0.15) is 0 Å². The second-order valence-corrected chi connectivity index (χ2v) is 8.75. The van der Waals surface area contributed by atoms with Gasteiger partial charge >= 0.3 is 0 Å². The molecule has 0 saturated carbocycles. The summed E-state index contributed by atoms with van der Waals surface area (Å²) in [4.78, 5) is 14.7. The Bertz CT molecular complexity index is 1160. The molecule has 0 bridgehead atoms. The maximum atomic E-state index is 12.5. The second-order valence-electron chi connectivity index (χ2n) is 8.75. The summed E-state index contributed by atoms with van der Waals surface area (Å²) < 4.78 is 27.8. The summed E-state index contributed by atoms with van der Waals surface area (Å²) in [6.07, 6.45) is 3.17. The molecule has 1 N–H and O–H groups in total. The van der Waals surface area contributed by atoms with Gasteiger partial charge in [-0.1, -0.05) is 31.9 Å². The lowest BCUT2D eigenvalue weighted by Gasteiger charge is -2.22. The summed E-state index contributed by atoms with van der Waals surface area (Å²) in [7, 11) is 3.25. The summed E-state index contributed by atoms with van der Waals surface area (Å²) >= 11 is 0. The van der Waals surface area contributed by atoms with Gasteiger partial charge in [0.25, 0.3) is 5.91 Å². The van der Waals surface area contributed by atoms with E-state index in [2.05, 4.69) is 17.1 Å². The first-order chi connectivity index (χ1) is 17.6. The summed E-state index contributed by atoms with van der Waals surface area (Å²) in [5.74, 6) is 3.73. The molecule has 4 rings (SSSR count). The van der Waals surface area contributed by atoms with Crippen molar-refractivity contribution < 1.29 is 28.2 Å². The molecule has 1 amide bonds. The van der Waals surface area contributed by atoms with Crippen LogP contribution in [0.5, 0.6) is 23.0 Å². The number of nitrogens with one attached hydrogen (secondary N) is 1. The fourth-order valence-electron chi connectivity index (χ4n) is 4.17. The Balaban J connectivity index is 1.49. The highest BCUT2D eigenvalue weighted by Gasteiger charge is 2.18. The third-order valence-corrected chi connectivity index (χ3v) is 6.03. The van der Waals surface area contributed by atoms with Crippen LogP contribution in [0.1, 0.15) is 53.6 Å². The first-order valence-electron chi connectivity index (χ1n) is 12.3. The van der Waals surface area contributed by atoms with Gasteiger partial charge in [0.2, 0.25) is 6.79 Å². The van der Waals surface area contributed by atoms with E-state index in [0.717, 1.165) is 47.6 Å². The van der Waals surface area contributed by atoms with Gasteiger partial charge < -0.3 is 28.7 Å². The van der Waals surface area contributed by atoms with Crippen LogP contribution in [-0.4, -0.2) is 38.4 Å². The van der Waals surface area contributed by atoms with Gasteiger partial charge in [-0.3, -0.25) is 9.69 Å². The Morgan fingerprint density at radius 2 is 1.64 bits per heavy atom. The average Bonchev–Trinajstić information content (AvgIpc) is 3.56. The number of methoxy groups -OCH3 is 2. The van der Waals surface area contributed by atoms with Crippen LogP contribution >= 0.6 is 0 Å². The first-order valence-corrected chi connectivity index (χ1v) is 12.3. The van der Waals surface area contributed by atoms with Crippen molar-refractivity contribution in [2.75, 3.05) is 27.6 Å². The largest absolute Gasteiger partial charge is 0.493 e. The van der Waals surface area contributed by atoms with Gasteiger partial charge in [0.05, 0.1) is 20.8 Å². The average molecular weight is 495 g/mol. The Kier molecular flexibility index (Phi) is 8.73. The Morgan fingerprint density at radius 3 is 2.42 bits per heavy atom. The van der Waals surface area contributed by atoms with Crippen molar-refractivity contribution in [3.05, 3.63) is 71.2 Å². The topological polar surface area (TPSA) is 82.4 Å². The zero-order chi connectivity index (χ0) is 25.3. The highest BCUT2D eigenvalue weighted by atomic mass is 16.7. The molecule has 8 nitrogen and oxygen atoms in total. The molecular formula is C28H34N2O6. The fraction of sp³-hybridized carbons (Fsp3) is 0.393. The van der Waals surface area contributed by atoms with E-state index in [9.17, 15) is 4.79 Å². The van der Waals surface area contributed by atoms with Crippen LogP contribution in [0.15, 0.2) is 52.9 Å². The van der Waals surface area contributed by atoms with Crippen LogP contribution in [0.2, 0.25) is 0 Å². The number of rotatable bonds is 13. The van der Waals surface area contributed by atoms with Crippen molar-refractivity contribution in [2.24, 2.45) is 0 Å². The van der Waals surface area contributed by atoms with E-state index < -0.39 is 0 Å². The van der Waals surface area contributed by atoms with Gasteiger partial charge in [-0.05, 0) is 53.9 Å². The van der Waals surface area contributed by atoms with Gasteiger partial charge in [-0.15, -0.1) is 0 Å². The zero-order valence-electron chi connectivity index (χ0n) is 21.2. The van der Waals surface area contributed by atoms with Gasteiger partial charge in [0, 0.05) is 19.6 Å². The molecule has 2 heterocycles. The molecule has 0 spiro atoms. The first kappa shape index (κ1) is 25.4. The van der Waals surface area contributed by atoms with E-state index in [4.69, 9.17) is 23.4 Å². The standard InChI is InChI=1S/C28H34N2O6/c1-4-5-6-13-29-28(31)25-12-9-22(36-25)18-30(16-20-7-10-23(32-2)26(14-20)33-3)17-21-8-11-24-27(15-21)35-19-34-24/h7-12,14-15H,4-6,13,16-19H2,1-3H3,(H,29,31). The maximum Gasteiger partial charge on any atom is 0.286 e. The minimum absolute atomic E-state index is 0.181. The minimum Gasteiger partial charge on any atom is -0.493 e. The third-order valence-electron chi connectivity index (χ3n) is 6.03. The van der Waals surface area contributed by atoms with E-state index in [0.29, 0.717) is 43.4 Å². The maximum absolute atomic E-state index is 12.5. The molecule has 0 radical (unpaired) electrons. The van der Waals surface area contributed by atoms with Crippen LogP contribution in [-0.2, 0) is 19.6 Å². The molecule has 0 atom stereocenters. The van der Waals surface area contributed by atoms with E-state index in [-0.39, 0.29) is 12.7 Å². The number of hydrogen-bond acceptors (Lipinski definition) is 7. The molecule has 36 heavy (non-hydrogen) atoms. The number of ether oxygens (including phenoxy) is 4. The molecule has 0 aliphatic carbocycles. The molecular weight excluding hydrogens is 460 g/mol. The monoisotopic (exact) mass is 494 g/mol. The SMILES string of the molecule is CCCCCNC(=O)c1ccc(CN(Cc2ccc(OC)c(OC)c2)Cc2ccc3c(c2)OCO3)o1. The van der Waals surface area contributed by atoms with Crippen molar-refractivity contribution in [3.63, 3.8) is 0 Å². The lowest BCUT2D eigenvalue weighted by molar-refractivity contribution is 0.0920. The van der Waals surface area contributed by atoms with E-state index >= 15 is 0 Å². The van der Waals surface area contributed by atoms with Crippen LogP contribution < -0.4 is 24.3 Å². The second kappa shape index (κ2) is 12.4. The Hall–Kier alpha value is -3.65. The lowest BCUT2D eigenvalue weighted by Crippen LogP contribution is -2.24. The van der Waals surface area contributed by atoms with Gasteiger partial charge in [0.1, 0.15) is 5.76 Å². The third kappa shape index (κ3) is 6.51. The molecule has 0 unspecified atom stereocenters. The lowest BCUT2D eigenvalue weighted by atomic mass is 10.1. The molecule has 8 heteroatoms. The number of carbonyl (C=O) groups is 1. The van der Waals surface area contributed by atoms with Crippen LogP contribution in [0.4, 0.5) is 0 Å². The van der Waals surface area contributed by atoms with Crippen LogP contribution in [0.25, 0.3) is 0 Å². The number of hydrogen-bond donors (Lipinski definition) is 1. The Labute approximate surface area is 212 Å². The molecule has 1 aliphatic heterocycles. The van der Waals surface area contributed by atoms with Gasteiger partial charge in [-0.25, -0.2) is 0 Å². The summed E-state index contributed by atoms with van der Waals surface area (Å²) in [5.41, 5.74) is 2.15. The van der Waals surface area contributed by atoms with E-state index in [1.165, 1.54) is 0 Å². The molecule has 3 aromatic rings. The molecule has 2 aromatic carbocycles. The molecule has 192 valence electrons. The van der Waals surface area contributed by atoms with Crippen molar-refractivity contribution in [2.45, 2.75) is 45.8 Å². The smallest absolute Gasteiger partial charge is 0.286 e. The van der Waals surface area contributed by atoms with E-state index in [1.54, 1.807) is 20.3 Å². The number of nitrogens with zero attached hydrogens (tertiary/aromatic N) is 1. The molecule has 0 saturated heterocycles. The zero-order valence-corrected chi connectivity index (χ0v) is 21.2. The summed E-state index contributed by atoms with van der Waals surface area (Å²) in [6, 6.07) is 15.5. The minimum atomic E-state index is -0.181. The number of carbonyl (C=O) groups excluding carboxylic acids is 1. The van der Waals surface area contributed by atoms with Crippen LogP contribution in [0.3, 0.4) is 0 Å². The number of furan rings is 1. The van der Waals surface area contributed by atoms with Crippen LogP contribution in [0, 0.1) is 0 Å². The number of unbranched alkanes of at least 4 members (excludes halogenated alkanes) is 2. The fourth-order valence-corrected chi connectivity index (χ4v) is 4.17. The van der Waals surface area contributed by atoms with Crippen molar-refractivity contribution in [3.8, 4) is 23.0 Å². The van der Waals surface area contributed by atoms with Crippen molar-refractivity contribution in [1.82, 2.24) is 10.2 Å². The van der Waals surface area contributed by atoms with Crippen molar-refractivity contribution >= 4 is 5.91 Å². The quantitative estimate of drug-likeness (QED) is 0.329. The normalized spacial score (nSPS) is 12.1. The van der Waals surface area contributed by atoms with Gasteiger partial charge in [0.15, 0.2) is 28.8 Å². The molecule has 1 aliphatic rings. The number of amides is 1. The predicted octanol–water partition coefficient (Wildman–Crippen LogP) is 5.15. The number of benzene rings is 2. The highest BCUT2D eigenvalue weighted by molar-refractivity contribution is 5.91.